The van der Waals surface area contributed by atoms with Crippen molar-refractivity contribution in [3.63, 3.8) is 0 Å². The highest BCUT2D eigenvalue weighted by atomic mass is 32.2. The van der Waals surface area contributed by atoms with E-state index in [0.29, 0.717) is 17.2 Å². The molecule has 0 spiro atoms. The maximum Gasteiger partial charge on any atom is 0.218 e. The van der Waals surface area contributed by atoms with E-state index in [0.717, 1.165) is 12.0 Å². The number of likely N-dealkylation sites (N-methyl/N-ethyl adjacent to an activating group) is 1. The van der Waals surface area contributed by atoms with Crippen molar-refractivity contribution in [2.75, 3.05) is 13.7 Å². The molecule has 116 valence electrons. The second kappa shape index (κ2) is 6.39. The molecule has 1 aliphatic heterocycles. The average Bonchev–Trinajstić information content (AvgIpc) is 2.84. The van der Waals surface area contributed by atoms with E-state index in [-0.39, 0.29) is 17.9 Å². The Hall–Kier alpha value is -1.02. The lowest BCUT2D eigenvalue weighted by Crippen LogP contribution is -2.41. The van der Waals surface area contributed by atoms with Crippen LogP contribution in [-0.4, -0.2) is 43.5 Å². The molecule has 1 aromatic rings. The molecule has 1 aliphatic rings. The molecule has 2 rings (SSSR count). The first kappa shape index (κ1) is 16.4. The molecule has 0 aliphatic carbocycles. The summed E-state index contributed by atoms with van der Waals surface area (Å²) in [7, 11) is -1.75. The molecular formula is C14H20N2O3S2. The van der Waals surface area contributed by atoms with E-state index in [1.165, 1.54) is 4.31 Å². The van der Waals surface area contributed by atoms with Gasteiger partial charge in [0.2, 0.25) is 10.0 Å². The monoisotopic (exact) mass is 328 g/mol. The Morgan fingerprint density at radius 3 is 2.52 bits per heavy atom. The molecule has 1 saturated heterocycles. The number of hydrogen-bond acceptors (Lipinski definition) is 4. The average molecular weight is 328 g/mol. The second-order valence-corrected chi connectivity index (χ2v) is 7.73. The summed E-state index contributed by atoms with van der Waals surface area (Å²) in [5.41, 5.74) is 6.98. The smallest absolute Gasteiger partial charge is 0.218 e. The highest BCUT2D eigenvalue weighted by molar-refractivity contribution is 7.88. The first-order valence-electron chi connectivity index (χ1n) is 6.77. The van der Waals surface area contributed by atoms with Gasteiger partial charge in [0.1, 0.15) is 4.99 Å². The fourth-order valence-corrected chi connectivity index (χ4v) is 4.12. The minimum Gasteiger partial charge on any atom is -0.389 e. The van der Waals surface area contributed by atoms with Crippen LogP contribution in [0, 0.1) is 0 Å². The van der Waals surface area contributed by atoms with Gasteiger partial charge in [0.15, 0.2) is 0 Å². The van der Waals surface area contributed by atoms with Gasteiger partial charge in [-0.05, 0) is 18.9 Å². The quantitative estimate of drug-likeness (QED) is 0.824. The first-order valence-corrected chi connectivity index (χ1v) is 8.79. The molecule has 0 amide bonds. The van der Waals surface area contributed by atoms with Gasteiger partial charge in [-0.2, -0.15) is 4.31 Å². The first-order chi connectivity index (χ1) is 9.81. The third-order valence-corrected chi connectivity index (χ3v) is 5.91. The number of sulfonamides is 1. The van der Waals surface area contributed by atoms with Gasteiger partial charge < -0.3 is 10.5 Å². The maximum absolute atomic E-state index is 12.5. The topological polar surface area (TPSA) is 72.6 Å². The Morgan fingerprint density at radius 2 is 2.05 bits per heavy atom. The minimum atomic E-state index is -3.37. The third-order valence-electron chi connectivity index (χ3n) is 3.83. The fraction of sp³-hybridized carbons (Fsp3) is 0.500. The lowest BCUT2D eigenvalue weighted by Gasteiger charge is -2.26. The van der Waals surface area contributed by atoms with Gasteiger partial charge in [-0.25, -0.2) is 8.42 Å². The maximum atomic E-state index is 12.5. The van der Waals surface area contributed by atoms with E-state index in [9.17, 15) is 8.42 Å². The SMILES string of the molecule is CC1OCCC1N(C)S(=O)(=O)Cc1ccc(C(N)=S)cc1. The van der Waals surface area contributed by atoms with E-state index >= 15 is 0 Å². The van der Waals surface area contributed by atoms with Crippen molar-refractivity contribution >= 4 is 27.2 Å². The van der Waals surface area contributed by atoms with Crippen molar-refractivity contribution in [3.05, 3.63) is 35.4 Å². The molecule has 0 saturated carbocycles. The summed E-state index contributed by atoms with van der Waals surface area (Å²) in [6.07, 6.45) is 0.666. The van der Waals surface area contributed by atoms with Gasteiger partial charge in [0.25, 0.3) is 0 Å². The van der Waals surface area contributed by atoms with Gasteiger partial charge in [-0.3, -0.25) is 0 Å². The molecule has 1 fully saturated rings. The Balaban J connectivity index is 2.11. The number of nitrogens with two attached hydrogens (primary N) is 1. The van der Waals surface area contributed by atoms with Crippen LogP contribution >= 0.6 is 12.2 Å². The molecule has 7 heteroatoms. The third kappa shape index (κ3) is 3.79. The second-order valence-electron chi connectivity index (χ2n) is 5.27. The Labute approximate surface area is 131 Å². The normalized spacial score (nSPS) is 22.6. The van der Waals surface area contributed by atoms with Crippen LogP contribution in [0.2, 0.25) is 0 Å². The number of nitrogens with zero attached hydrogens (tertiary/aromatic N) is 1. The van der Waals surface area contributed by atoms with Crippen LogP contribution in [0.1, 0.15) is 24.5 Å². The van der Waals surface area contributed by atoms with Crippen LogP contribution in [0.3, 0.4) is 0 Å². The van der Waals surface area contributed by atoms with Crippen molar-refractivity contribution in [3.8, 4) is 0 Å². The summed E-state index contributed by atoms with van der Waals surface area (Å²) in [5.74, 6) is -0.0374. The van der Waals surface area contributed by atoms with Crippen LogP contribution < -0.4 is 5.73 Å². The summed E-state index contributed by atoms with van der Waals surface area (Å²) < 4.78 is 31.8. The summed E-state index contributed by atoms with van der Waals surface area (Å²) in [5, 5.41) is 0. The van der Waals surface area contributed by atoms with Gasteiger partial charge in [0.05, 0.1) is 17.9 Å². The van der Waals surface area contributed by atoms with Crippen molar-refractivity contribution in [2.45, 2.75) is 31.2 Å². The van der Waals surface area contributed by atoms with Gasteiger partial charge in [-0.1, -0.05) is 36.5 Å². The molecule has 2 N–H and O–H groups in total. The molecule has 5 nitrogen and oxygen atoms in total. The van der Waals surface area contributed by atoms with Gasteiger partial charge in [-0.15, -0.1) is 0 Å². The molecule has 1 aromatic carbocycles. The van der Waals surface area contributed by atoms with E-state index < -0.39 is 10.0 Å². The zero-order valence-corrected chi connectivity index (χ0v) is 13.8. The molecule has 0 aromatic heterocycles. The lowest BCUT2D eigenvalue weighted by atomic mass is 10.1. The van der Waals surface area contributed by atoms with E-state index in [2.05, 4.69) is 0 Å². The van der Waals surface area contributed by atoms with Crippen LogP contribution in [0.5, 0.6) is 0 Å². The predicted molar refractivity (Wildman–Crippen MR) is 86.5 cm³/mol. The minimum absolute atomic E-state index is 0.0374. The van der Waals surface area contributed by atoms with Crippen molar-refractivity contribution in [2.24, 2.45) is 5.73 Å². The number of thiocarbonyl (C=S) groups is 1. The highest BCUT2D eigenvalue weighted by Crippen LogP contribution is 2.22. The fourth-order valence-electron chi connectivity index (χ4n) is 2.48. The molecule has 2 unspecified atom stereocenters. The standard InChI is InChI=1S/C14H20N2O3S2/c1-10-13(7-8-19-10)16(2)21(17,18)9-11-3-5-12(6-4-11)14(15)20/h3-6,10,13H,7-9H2,1-2H3,(H2,15,20). The number of hydrogen-bond donors (Lipinski definition) is 1. The van der Waals surface area contributed by atoms with E-state index in [1.807, 2.05) is 6.92 Å². The van der Waals surface area contributed by atoms with Crippen LogP contribution in [0.4, 0.5) is 0 Å². The predicted octanol–water partition coefficient (Wildman–Crippen LogP) is 1.26. The summed E-state index contributed by atoms with van der Waals surface area (Å²) in [6.45, 7) is 2.51. The van der Waals surface area contributed by atoms with E-state index in [4.69, 9.17) is 22.7 Å². The summed E-state index contributed by atoms with van der Waals surface area (Å²) in [6, 6.07) is 6.89. The molecule has 0 radical (unpaired) electrons. The molecule has 1 heterocycles. The number of ether oxygens (including phenoxy) is 1. The molecule has 0 bridgehead atoms. The summed E-state index contributed by atoms with van der Waals surface area (Å²) in [4.78, 5) is 0.304. The number of rotatable bonds is 5. The van der Waals surface area contributed by atoms with Crippen molar-refractivity contribution in [1.29, 1.82) is 0 Å². The molecule has 2 atom stereocenters. The zero-order chi connectivity index (χ0) is 15.6. The Kier molecular flexibility index (Phi) is 4.98. The molecular weight excluding hydrogens is 308 g/mol. The Morgan fingerprint density at radius 1 is 1.43 bits per heavy atom. The Bertz CT molecular complexity index is 614. The van der Waals surface area contributed by atoms with Crippen LogP contribution in [0.25, 0.3) is 0 Å². The lowest BCUT2D eigenvalue weighted by molar-refractivity contribution is 0.102. The van der Waals surface area contributed by atoms with E-state index in [1.54, 1.807) is 31.3 Å². The van der Waals surface area contributed by atoms with Crippen LogP contribution in [0.15, 0.2) is 24.3 Å². The van der Waals surface area contributed by atoms with Crippen molar-refractivity contribution in [1.82, 2.24) is 4.31 Å². The van der Waals surface area contributed by atoms with Crippen molar-refractivity contribution < 1.29 is 13.2 Å². The molecule has 21 heavy (non-hydrogen) atoms. The zero-order valence-electron chi connectivity index (χ0n) is 12.2. The summed E-state index contributed by atoms with van der Waals surface area (Å²) >= 11 is 4.88. The van der Waals surface area contributed by atoms with Gasteiger partial charge in [0, 0.05) is 19.2 Å². The van der Waals surface area contributed by atoms with Crippen LogP contribution in [-0.2, 0) is 20.5 Å². The number of benzene rings is 1. The van der Waals surface area contributed by atoms with Gasteiger partial charge >= 0.3 is 0 Å². The highest BCUT2D eigenvalue weighted by Gasteiger charge is 2.34. The largest absolute Gasteiger partial charge is 0.389 e.